The van der Waals surface area contributed by atoms with Gasteiger partial charge in [0.1, 0.15) is 11.5 Å². The molecule has 0 amide bonds. The normalized spacial score (nSPS) is 18.9. The predicted octanol–water partition coefficient (Wildman–Crippen LogP) is 4.26. The van der Waals surface area contributed by atoms with Crippen molar-refractivity contribution in [3.05, 3.63) is 53.1 Å². The summed E-state index contributed by atoms with van der Waals surface area (Å²) in [5.74, 6) is 2.16. The van der Waals surface area contributed by atoms with Crippen LogP contribution in [0.2, 0.25) is 5.02 Å². The molecule has 0 radical (unpaired) electrons. The average Bonchev–Trinajstić information content (AvgIpc) is 3.34. The molecule has 2 aromatic rings. The monoisotopic (exact) mass is 473 g/mol. The number of hydrogen-bond donors (Lipinski definition) is 2. The van der Waals surface area contributed by atoms with Crippen molar-refractivity contribution >= 4 is 47.2 Å². The van der Waals surface area contributed by atoms with Crippen LogP contribution in [0.15, 0.2) is 47.5 Å². The molecule has 3 rings (SSSR count). The summed E-state index contributed by atoms with van der Waals surface area (Å²) in [7, 11) is 3.22. The van der Waals surface area contributed by atoms with Crippen molar-refractivity contribution in [3.8, 4) is 11.5 Å². The van der Waals surface area contributed by atoms with Crippen LogP contribution in [-0.4, -0.2) is 26.2 Å². The Bertz CT molecular complexity index is 752. The minimum atomic E-state index is 0. The van der Waals surface area contributed by atoms with E-state index in [-0.39, 0.29) is 30.0 Å². The van der Waals surface area contributed by atoms with E-state index in [4.69, 9.17) is 26.8 Å². The molecule has 134 valence electrons. The summed E-state index contributed by atoms with van der Waals surface area (Å²) in [5, 5.41) is 3.83. The largest absolute Gasteiger partial charge is 0.497 e. The first-order valence-electron chi connectivity index (χ1n) is 7.68. The summed E-state index contributed by atoms with van der Waals surface area (Å²) in [5.41, 5.74) is 8.01. The molecule has 0 spiro atoms. The summed E-state index contributed by atoms with van der Waals surface area (Å²) in [6.07, 6.45) is 0.985. The maximum Gasteiger partial charge on any atom is 0.193 e. The van der Waals surface area contributed by atoms with E-state index in [2.05, 4.69) is 10.3 Å². The molecule has 0 saturated heterocycles. The fourth-order valence-corrected chi connectivity index (χ4v) is 2.78. The second kappa shape index (κ2) is 8.62. The van der Waals surface area contributed by atoms with E-state index in [1.54, 1.807) is 14.2 Å². The Labute approximate surface area is 169 Å². The smallest absolute Gasteiger partial charge is 0.193 e. The highest BCUT2D eigenvalue weighted by Crippen LogP contribution is 2.43. The number of guanidine groups is 1. The van der Waals surface area contributed by atoms with Crippen molar-refractivity contribution in [2.24, 2.45) is 10.7 Å². The van der Waals surface area contributed by atoms with E-state index in [0.717, 1.165) is 22.9 Å². The highest BCUT2D eigenvalue weighted by atomic mass is 127. The molecule has 7 heteroatoms. The fraction of sp³-hybridized carbons (Fsp3) is 0.278. The highest BCUT2D eigenvalue weighted by Gasteiger charge is 2.38. The maximum atomic E-state index is 6.05. The SMILES string of the molecule is COc1ccc(OC)c(NC(N)=N[C@@H]2C[C@H]2c2ccc(Cl)cc2)c1.I. The summed E-state index contributed by atoms with van der Waals surface area (Å²) in [4.78, 5) is 4.55. The third-order valence-electron chi connectivity index (χ3n) is 4.03. The lowest BCUT2D eigenvalue weighted by atomic mass is 10.1. The number of aliphatic imine (C=N–C) groups is 1. The van der Waals surface area contributed by atoms with Gasteiger partial charge in [0.2, 0.25) is 0 Å². The molecular weight excluding hydrogens is 453 g/mol. The van der Waals surface area contributed by atoms with E-state index < -0.39 is 0 Å². The van der Waals surface area contributed by atoms with Gasteiger partial charge in [-0.25, -0.2) is 4.99 Å². The van der Waals surface area contributed by atoms with Gasteiger partial charge in [0.15, 0.2) is 5.96 Å². The molecule has 5 nitrogen and oxygen atoms in total. The van der Waals surface area contributed by atoms with Crippen LogP contribution in [0.1, 0.15) is 17.9 Å². The first-order chi connectivity index (χ1) is 11.6. The lowest BCUT2D eigenvalue weighted by Crippen LogP contribution is -2.23. The molecule has 1 aliphatic carbocycles. The molecule has 1 fully saturated rings. The Balaban J connectivity index is 0.00000225. The van der Waals surface area contributed by atoms with Gasteiger partial charge in [-0.3, -0.25) is 0 Å². The molecule has 25 heavy (non-hydrogen) atoms. The van der Waals surface area contributed by atoms with Gasteiger partial charge in [-0.15, -0.1) is 24.0 Å². The van der Waals surface area contributed by atoms with Crippen LogP contribution < -0.4 is 20.5 Å². The van der Waals surface area contributed by atoms with Crippen LogP contribution in [0, 0.1) is 0 Å². The first kappa shape index (κ1) is 19.7. The molecule has 0 heterocycles. The van der Waals surface area contributed by atoms with Gasteiger partial charge in [-0.1, -0.05) is 23.7 Å². The van der Waals surface area contributed by atoms with Gasteiger partial charge in [0, 0.05) is 17.0 Å². The van der Waals surface area contributed by atoms with Crippen molar-refractivity contribution in [3.63, 3.8) is 0 Å². The Morgan fingerprint density at radius 3 is 2.52 bits per heavy atom. The number of nitrogens with two attached hydrogens (primary N) is 1. The number of ether oxygens (including phenoxy) is 2. The molecule has 3 N–H and O–H groups in total. The number of anilines is 1. The third-order valence-corrected chi connectivity index (χ3v) is 4.28. The van der Waals surface area contributed by atoms with Crippen LogP contribution in [0.3, 0.4) is 0 Å². The second-order valence-corrected chi connectivity index (χ2v) is 6.10. The summed E-state index contributed by atoms with van der Waals surface area (Å²) < 4.78 is 10.6. The van der Waals surface area contributed by atoms with E-state index >= 15 is 0 Å². The topological polar surface area (TPSA) is 68.9 Å². The van der Waals surface area contributed by atoms with Crippen molar-refractivity contribution in [1.82, 2.24) is 0 Å². The van der Waals surface area contributed by atoms with E-state index in [0.29, 0.717) is 17.6 Å². The Morgan fingerprint density at radius 2 is 1.88 bits per heavy atom. The zero-order valence-electron chi connectivity index (χ0n) is 14.0. The number of halogens is 2. The second-order valence-electron chi connectivity index (χ2n) is 5.67. The lowest BCUT2D eigenvalue weighted by molar-refractivity contribution is 0.405. The maximum absolute atomic E-state index is 6.05. The molecule has 1 saturated carbocycles. The van der Waals surface area contributed by atoms with Gasteiger partial charge < -0.3 is 20.5 Å². The van der Waals surface area contributed by atoms with E-state index in [9.17, 15) is 0 Å². The van der Waals surface area contributed by atoms with E-state index in [1.807, 2.05) is 42.5 Å². The number of hydrogen-bond acceptors (Lipinski definition) is 3. The summed E-state index contributed by atoms with van der Waals surface area (Å²) in [6, 6.07) is 13.5. The van der Waals surface area contributed by atoms with Gasteiger partial charge in [0.25, 0.3) is 0 Å². The number of nitrogens with one attached hydrogen (secondary N) is 1. The number of rotatable bonds is 5. The van der Waals surface area contributed by atoms with Gasteiger partial charge in [-0.2, -0.15) is 0 Å². The molecule has 0 aliphatic heterocycles. The standard InChI is InChI=1S/C18H20ClN3O2.HI/c1-23-13-7-8-17(24-2)16(9-13)22-18(20)21-15-10-14(15)11-3-5-12(19)6-4-11;/h3-9,14-15H,10H2,1-2H3,(H3,20,21,22);1H/t14-,15+;/m0./s1. The van der Waals surface area contributed by atoms with Crippen molar-refractivity contribution in [1.29, 1.82) is 0 Å². The van der Waals surface area contributed by atoms with Crippen LogP contribution in [0.4, 0.5) is 5.69 Å². The quantitative estimate of drug-likeness (QED) is 0.387. The zero-order chi connectivity index (χ0) is 17.1. The fourth-order valence-electron chi connectivity index (χ4n) is 2.65. The van der Waals surface area contributed by atoms with Crippen molar-refractivity contribution < 1.29 is 9.47 Å². The third kappa shape index (κ3) is 4.92. The molecule has 0 unspecified atom stereocenters. The summed E-state index contributed by atoms with van der Waals surface area (Å²) in [6.45, 7) is 0. The Hall–Kier alpha value is -1.67. The van der Waals surface area contributed by atoms with Crippen LogP contribution in [0.25, 0.3) is 0 Å². The summed E-state index contributed by atoms with van der Waals surface area (Å²) >= 11 is 5.92. The number of benzene rings is 2. The van der Waals surface area contributed by atoms with Crippen molar-refractivity contribution in [2.45, 2.75) is 18.4 Å². The predicted molar refractivity (Wildman–Crippen MR) is 113 cm³/mol. The van der Waals surface area contributed by atoms with Crippen LogP contribution in [0.5, 0.6) is 11.5 Å². The molecule has 2 atom stereocenters. The van der Waals surface area contributed by atoms with Crippen LogP contribution >= 0.6 is 35.6 Å². The Morgan fingerprint density at radius 1 is 1.16 bits per heavy atom. The van der Waals surface area contributed by atoms with Crippen LogP contribution in [-0.2, 0) is 0 Å². The minimum Gasteiger partial charge on any atom is -0.497 e. The van der Waals surface area contributed by atoms with E-state index in [1.165, 1.54) is 5.56 Å². The molecular formula is C18H21ClIN3O2. The lowest BCUT2D eigenvalue weighted by Gasteiger charge is -2.12. The minimum absolute atomic E-state index is 0. The van der Waals surface area contributed by atoms with Gasteiger partial charge >= 0.3 is 0 Å². The van der Waals surface area contributed by atoms with Gasteiger partial charge in [-0.05, 0) is 36.2 Å². The molecule has 0 aromatic heterocycles. The first-order valence-corrected chi connectivity index (χ1v) is 8.06. The Kier molecular flexibility index (Phi) is 6.78. The number of nitrogens with zero attached hydrogens (tertiary/aromatic N) is 1. The zero-order valence-corrected chi connectivity index (χ0v) is 17.1. The number of methoxy groups -OCH3 is 2. The molecule has 0 bridgehead atoms. The average molecular weight is 474 g/mol. The van der Waals surface area contributed by atoms with Crippen molar-refractivity contribution in [2.75, 3.05) is 19.5 Å². The molecule has 2 aromatic carbocycles. The highest BCUT2D eigenvalue weighted by molar-refractivity contribution is 14.0. The van der Waals surface area contributed by atoms with Gasteiger partial charge in [0.05, 0.1) is 25.9 Å². The molecule has 1 aliphatic rings.